The monoisotopic (exact) mass is 601 g/mol. The third-order valence-corrected chi connectivity index (χ3v) is 6.75. The van der Waals surface area contributed by atoms with Gasteiger partial charge in [-0.05, 0) is 61.0 Å². The van der Waals surface area contributed by atoms with Gasteiger partial charge in [0.1, 0.15) is 17.8 Å². The van der Waals surface area contributed by atoms with Crippen LogP contribution in [0.4, 0.5) is 29.3 Å². The van der Waals surface area contributed by atoms with Crippen LogP contribution in [-0.4, -0.2) is 60.4 Å². The molecule has 5 rings (SSSR count). The molecule has 0 bridgehead atoms. The number of ether oxygens (including phenoxy) is 3. The largest absolute Gasteiger partial charge is 0.493 e. The first-order valence-electron chi connectivity index (χ1n) is 13.1. The second-order valence-corrected chi connectivity index (χ2v) is 9.82. The van der Waals surface area contributed by atoms with E-state index in [1.54, 1.807) is 24.3 Å². The number of hydrogen-bond donors (Lipinski definition) is 2. The van der Waals surface area contributed by atoms with Crippen molar-refractivity contribution in [3.05, 3.63) is 77.6 Å². The maximum atomic E-state index is 13.1. The molecule has 1 fully saturated rings. The lowest BCUT2D eigenvalue weighted by molar-refractivity contribution is -0.137. The molecule has 220 valence electrons. The molecular weight excluding hydrogens is 575 g/mol. The van der Waals surface area contributed by atoms with E-state index in [0.29, 0.717) is 40.6 Å². The number of carbonyl (C=O) groups is 1. The summed E-state index contributed by atoms with van der Waals surface area (Å²) in [5, 5.41) is 5.17. The Hall–Kier alpha value is -4.13. The average Bonchev–Trinajstić information content (AvgIpc) is 2.97. The fraction of sp³-hybridized carbons (Fsp3) is 0.276. The van der Waals surface area contributed by atoms with Gasteiger partial charge in [0, 0.05) is 37.1 Å². The Morgan fingerprint density at radius 3 is 2.43 bits per heavy atom. The summed E-state index contributed by atoms with van der Waals surface area (Å²) in [4.78, 5) is 23.3. The van der Waals surface area contributed by atoms with Crippen LogP contribution in [0.1, 0.15) is 12.0 Å². The molecule has 1 aliphatic rings. The van der Waals surface area contributed by atoms with Crippen molar-refractivity contribution in [2.45, 2.75) is 12.6 Å². The van der Waals surface area contributed by atoms with Crippen molar-refractivity contribution < 1.29 is 32.2 Å². The van der Waals surface area contributed by atoms with Gasteiger partial charge in [-0.2, -0.15) is 13.2 Å². The number of nitrogens with one attached hydrogen (secondary N) is 2. The molecule has 2 heterocycles. The highest BCUT2D eigenvalue weighted by molar-refractivity contribution is 6.31. The van der Waals surface area contributed by atoms with Gasteiger partial charge in [0.2, 0.25) is 5.88 Å². The van der Waals surface area contributed by atoms with Gasteiger partial charge in [0.25, 0.3) is 0 Å². The Kier molecular flexibility index (Phi) is 9.25. The summed E-state index contributed by atoms with van der Waals surface area (Å²) in [6.45, 7) is 4.99. The predicted molar refractivity (Wildman–Crippen MR) is 153 cm³/mol. The van der Waals surface area contributed by atoms with Crippen LogP contribution in [0, 0.1) is 0 Å². The Morgan fingerprint density at radius 1 is 0.952 bits per heavy atom. The van der Waals surface area contributed by atoms with E-state index < -0.39 is 22.8 Å². The fourth-order valence-corrected chi connectivity index (χ4v) is 4.54. The minimum Gasteiger partial charge on any atom is -0.493 e. The normalized spacial score (nSPS) is 14.0. The van der Waals surface area contributed by atoms with Crippen molar-refractivity contribution >= 4 is 39.9 Å². The molecule has 1 aromatic heterocycles. The van der Waals surface area contributed by atoms with Crippen molar-refractivity contribution in [1.29, 1.82) is 0 Å². The van der Waals surface area contributed by atoms with Gasteiger partial charge in [0.15, 0.2) is 0 Å². The zero-order valence-electron chi connectivity index (χ0n) is 22.3. The summed E-state index contributed by atoms with van der Waals surface area (Å²) in [5.74, 6) is 1.51. The zero-order valence-corrected chi connectivity index (χ0v) is 23.0. The number of anilines is 2. The van der Waals surface area contributed by atoms with Crippen LogP contribution in [0.2, 0.25) is 5.02 Å². The second-order valence-electron chi connectivity index (χ2n) is 9.41. The first kappa shape index (κ1) is 29.4. The number of benzene rings is 3. The van der Waals surface area contributed by atoms with Crippen molar-refractivity contribution in [2.75, 3.05) is 50.1 Å². The van der Waals surface area contributed by atoms with E-state index >= 15 is 0 Å². The molecule has 3 aromatic carbocycles. The highest BCUT2D eigenvalue weighted by Gasteiger charge is 2.33. The van der Waals surface area contributed by atoms with Crippen molar-refractivity contribution in [3.8, 4) is 17.4 Å². The molecule has 0 atom stereocenters. The smallest absolute Gasteiger partial charge is 0.417 e. The van der Waals surface area contributed by atoms with Gasteiger partial charge in [-0.25, -0.2) is 14.8 Å². The SMILES string of the molecule is O=C(Nc1ccc(Oc2ncnc3cc(OCCCN4CCOCC4)ccc23)cc1)Nc1ccc(Cl)c(C(F)(F)F)c1. The molecule has 2 amide bonds. The van der Waals surface area contributed by atoms with Gasteiger partial charge in [0.05, 0.1) is 41.3 Å². The number of carbonyl (C=O) groups excluding carboxylic acids is 1. The Morgan fingerprint density at radius 2 is 1.67 bits per heavy atom. The Bertz CT molecular complexity index is 1530. The molecule has 9 nitrogen and oxygen atoms in total. The number of nitrogens with zero attached hydrogens (tertiary/aromatic N) is 3. The summed E-state index contributed by atoms with van der Waals surface area (Å²) in [6.07, 6.45) is -2.33. The summed E-state index contributed by atoms with van der Waals surface area (Å²) in [7, 11) is 0. The van der Waals surface area contributed by atoms with Gasteiger partial charge in [-0.3, -0.25) is 4.90 Å². The van der Waals surface area contributed by atoms with Gasteiger partial charge in [-0.1, -0.05) is 11.6 Å². The lowest BCUT2D eigenvalue weighted by Crippen LogP contribution is -2.37. The number of urea groups is 1. The maximum absolute atomic E-state index is 13.1. The standard InChI is InChI=1S/C29H27ClF3N5O4/c30-25-9-4-20(16-24(25)29(31,32)33)37-28(39)36-19-2-5-21(6-3-19)42-27-23-8-7-22(17-26(23)34-18-35-27)41-13-1-10-38-11-14-40-15-12-38/h2-9,16-18H,1,10-15H2,(H2,36,37,39). The fourth-order valence-electron chi connectivity index (χ4n) is 4.32. The van der Waals surface area contributed by atoms with E-state index in [1.165, 1.54) is 12.4 Å². The van der Waals surface area contributed by atoms with E-state index in [2.05, 4.69) is 25.5 Å². The van der Waals surface area contributed by atoms with Crippen LogP contribution in [0.25, 0.3) is 10.9 Å². The minimum absolute atomic E-state index is 0.0543. The number of hydrogen-bond acceptors (Lipinski definition) is 7. The van der Waals surface area contributed by atoms with Crippen molar-refractivity contribution in [2.24, 2.45) is 0 Å². The molecule has 42 heavy (non-hydrogen) atoms. The summed E-state index contributed by atoms with van der Waals surface area (Å²) in [5.41, 5.74) is -0.0327. The second kappa shape index (κ2) is 13.2. The van der Waals surface area contributed by atoms with Crippen LogP contribution in [0.15, 0.2) is 67.0 Å². The number of aromatic nitrogens is 2. The highest BCUT2D eigenvalue weighted by Crippen LogP contribution is 2.36. The molecule has 0 saturated carbocycles. The third-order valence-electron chi connectivity index (χ3n) is 6.42. The number of halogens is 4. The number of alkyl halides is 3. The Labute approximate surface area is 244 Å². The van der Waals surface area contributed by atoms with Crippen molar-refractivity contribution in [3.63, 3.8) is 0 Å². The van der Waals surface area contributed by atoms with Gasteiger partial charge >= 0.3 is 12.2 Å². The summed E-state index contributed by atoms with van der Waals surface area (Å²) in [6, 6.07) is 14.3. The van der Waals surface area contributed by atoms with E-state index in [4.69, 9.17) is 25.8 Å². The average molecular weight is 602 g/mol. The minimum atomic E-state index is -4.64. The number of morpholine rings is 1. The lowest BCUT2D eigenvalue weighted by Gasteiger charge is -2.26. The topological polar surface area (TPSA) is 97.8 Å². The lowest BCUT2D eigenvalue weighted by atomic mass is 10.2. The molecule has 1 saturated heterocycles. The van der Waals surface area contributed by atoms with Crippen LogP contribution < -0.4 is 20.1 Å². The van der Waals surface area contributed by atoms with Crippen LogP contribution in [0.3, 0.4) is 0 Å². The number of fused-ring (bicyclic) bond motifs is 1. The quantitative estimate of drug-likeness (QED) is 0.203. The summed E-state index contributed by atoms with van der Waals surface area (Å²) >= 11 is 5.63. The number of rotatable bonds is 9. The molecular formula is C29H27ClF3N5O4. The summed E-state index contributed by atoms with van der Waals surface area (Å²) < 4.78 is 56.5. The molecule has 4 aromatic rings. The predicted octanol–water partition coefficient (Wildman–Crippen LogP) is 6.84. The molecule has 0 spiro atoms. The van der Waals surface area contributed by atoms with E-state index in [9.17, 15) is 18.0 Å². The first-order chi connectivity index (χ1) is 20.2. The number of amides is 2. The third kappa shape index (κ3) is 7.78. The van der Waals surface area contributed by atoms with Gasteiger partial charge < -0.3 is 24.8 Å². The van der Waals surface area contributed by atoms with E-state index in [0.717, 1.165) is 51.4 Å². The van der Waals surface area contributed by atoms with Crippen LogP contribution in [-0.2, 0) is 10.9 Å². The van der Waals surface area contributed by atoms with Crippen LogP contribution in [0.5, 0.6) is 17.4 Å². The van der Waals surface area contributed by atoms with Crippen LogP contribution >= 0.6 is 11.6 Å². The molecule has 0 aliphatic carbocycles. The van der Waals surface area contributed by atoms with E-state index in [1.807, 2.05) is 18.2 Å². The van der Waals surface area contributed by atoms with E-state index in [-0.39, 0.29) is 5.69 Å². The first-order valence-corrected chi connectivity index (χ1v) is 13.5. The molecule has 2 N–H and O–H groups in total. The van der Waals surface area contributed by atoms with Gasteiger partial charge in [-0.15, -0.1) is 0 Å². The highest BCUT2D eigenvalue weighted by atomic mass is 35.5. The van der Waals surface area contributed by atoms with Crippen molar-refractivity contribution in [1.82, 2.24) is 14.9 Å². The molecule has 0 radical (unpaired) electrons. The Balaban J connectivity index is 1.15. The molecule has 0 unspecified atom stereocenters. The molecule has 13 heteroatoms. The molecule has 1 aliphatic heterocycles. The maximum Gasteiger partial charge on any atom is 0.417 e. The zero-order chi connectivity index (χ0) is 29.5.